The molecule has 3 aliphatic carbocycles. The molecule has 0 saturated heterocycles. The Labute approximate surface area is 120 Å². The maximum Gasteiger partial charge on any atom is 0.119 e. The quantitative estimate of drug-likeness (QED) is 0.790. The van der Waals surface area contributed by atoms with Crippen molar-refractivity contribution in [1.29, 1.82) is 0 Å². The van der Waals surface area contributed by atoms with Crippen LogP contribution >= 0.6 is 0 Å². The number of allylic oxidation sites excluding steroid dienone is 1. The molecule has 2 nitrogen and oxygen atoms in total. The summed E-state index contributed by atoms with van der Waals surface area (Å²) in [4.78, 5) is 0. The smallest absolute Gasteiger partial charge is 0.119 e. The summed E-state index contributed by atoms with van der Waals surface area (Å²) in [5.41, 5.74) is 6.25. The van der Waals surface area contributed by atoms with E-state index in [0.717, 1.165) is 25.0 Å². The second-order valence-electron chi connectivity index (χ2n) is 6.54. The highest BCUT2D eigenvalue weighted by molar-refractivity contribution is 5.47. The predicted octanol–water partition coefficient (Wildman–Crippen LogP) is 3.59. The van der Waals surface area contributed by atoms with Crippen molar-refractivity contribution in [3.05, 3.63) is 40.5 Å². The van der Waals surface area contributed by atoms with E-state index in [-0.39, 0.29) is 6.10 Å². The van der Waals surface area contributed by atoms with E-state index in [4.69, 9.17) is 4.74 Å². The fourth-order valence-corrected chi connectivity index (χ4v) is 4.64. The number of methoxy groups -OCH3 is 1. The lowest BCUT2D eigenvalue weighted by Gasteiger charge is -2.36. The third-order valence-corrected chi connectivity index (χ3v) is 5.53. The van der Waals surface area contributed by atoms with Gasteiger partial charge in [-0.25, -0.2) is 0 Å². The lowest BCUT2D eigenvalue weighted by atomic mass is 9.69. The number of rotatable bonds is 1. The summed E-state index contributed by atoms with van der Waals surface area (Å²) >= 11 is 0. The Kier molecular flexibility index (Phi) is 2.88. The molecule has 1 N–H and O–H groups in total. The first-order chi connectivity index (χ1) is 9.76. The molecule has 0 spiro atoms. The summed E-state index contributed by atoms with van der Waals surface area (Å²) in [6.07, 6.45) is 6.68. The fourth-order valence-electron chi connectivity index (χ4n) is 4.64. The molecule has 0 amide bonds. The molecule has 0 bridgehead atoms. The summed E-state index contributed by atoms with van der Waals surface area (Å²) < 4.78 is 5.35. The lowest BCUT2D eigenvalue weighted by molar-refractivity contribution is 0.177. The Morgan fingerprint density at radius 1 is 1.15 bits per heavy atom. The molecule has 1 aromatic carbocycles. The van der Waals surface area contributed by atoms with Crippen LogP contribution in [-0.4, -0.2) is 18.3 Å². The Balaban J connectivity index is 1.76. The molecule has 3 atom stereocenters. The monoisotopic (exact) mass is 270 g/mol. The molecule has 0 aliphatic heterocycles. The van der Waals surface area contributed by atoms with Gasteiger partial charge in [0.05, 0.1) is 13.2 Å². The molecule has 1 fully saturated rings. The van der Waals surface area contributed by atoms with E-state index in [1.165, 1.54) is 30.4 Å². The number of hydrogen-bond donors (Lipinski definition) is 1. The molecule has 3 aliphatic rings. The third kappa shape index (κ3) is 1.81. The first-order valence-electron chi connectivity index (χ1n) is 7.83. The molecule has 106 valence electrons. The van der Waals surface area contributed by atoms with Crippen LogP contribution in [0, 0.1) is 5.92 Å². The highest BCUT2D eigenvalue weighted by atomic mass is 16.5. The molecule has 20 heavy (non-hydrogen) atoms. The topological polar surface area (TPSA) is 29.5 Å². The van der Waals surface area contributed by atoms with Crippen molar-refractivity contribution in [2.24, 2.45) is 5.92 Å². The summed E-state index contributed by atoms with van der Waals surface area (Å²) in [5, 5.41) is 9.96. The second-order valence-corrected chi connectivity index (χ2v) is 6.54. The van der Waals surface area contributed by atoms with Crippen LogP contribution in [0.25, 0.3) is 0 Å². The van der Waals surface area contributed by atoms with Gasteiger partial charge in [0, 0.05) is 5.92 Å². The van der Waals surface area contributed by atoms with Gasteiger partial charge in [0.15, 0.2) is 0 Å². The van der Waals surface area contributed by atoms with Crippen molar-refractivity contribution in [1.82, 2.24) is 0 Å². The standard InChI is InChI=1S/C18H22O2/c1-20-14-4-7-15-12(9-14)3-6-17-16(15)5-2-11-8-13(19)10-18(11)17/h4,7,9,11,13,16,19H,2-3,5-6,8,10H2,1H3. The van der Waals surface area contributed by atoms with E-state index >= 15 is 0 Å². The van der Waals surface area contributed by atoms with E-state index in [9.17, 15) is 5.11 Å². The maximum atomic E-state index is 9.96. The first-order valence-corrected chi connectivity index (χ1v) is 7.83. The minimum Gasteiger partial charge on any atom is -0.497 e. The average molecular weight is 270 g/mol. The number of aliphatic hydroxyl groups is 1. The van der Waals surface area contributed by atoms with Crippen molar-refractivity contribution in [2.45, 2.75) is 50.5 Å². The predicted molar refractivity (Wildman–Crippen MR) is 79.0 cm³/mol. The number of aryl methyl sites for hydroxylation is 1. The van der Waals surface area contributed by atoms with E-state index in [1.807, 2.05) is 0 Å². The van der Waals surface area contributed by atoms with Crippen LogP contribution in [-0.2, 0) is 6.42 Å². The van der Waals surface area contributed by atoms with E-state index < -0.39 is 0 Å². The largest absolute Gasteiger partial charge is 0.497 e. The third-order valence-electron chi connectivity index (χ3n) is 5.53. The van der Waals surface area contributed by atoms with Crippen molar-refractivity contribution < 1.29 is 9.84 Å². The van der Waals surface area contributed by atoms with Crippen molar-refractivity contribution in [3.8, 4) is 5.75 Å². The fraction of sp³-hybridized carbons (Fsp3) is 0.556. The van der Waals surface area contributed by atoms with E-state index in [2.05, 4.69) is 18.2 Å². The van der Waals surface area contributed by atoms with Crippen LogP contribution in [0.4, 0.5) is 0 Å². The van der Waals surface area contributed by atoms with Gasteiger partial charge in [-0.1, -0.05) is 17.2 Å². The Morgan fingerprint density at radius 2 is 2.05 bits per heavy atom. The van der Waals surface area contributed by atoms with Crippen molar-refractivity contribution >= 4 is 0 Å². The Hall–Kier alpha value is -1.28. The number of benzene rings is 1. The lowest BCUT2D eigenvalue weighted by Crippen LogP contribution is -2.21. The van der Waals surface area contributed by atoms with Gasteiger partial charge >= 0.3 is 0 Å². The van der Waals surface area contributed by atoms with Gasteiger partial charge in [-0.2, -0.15) is 0 Å². The van der Waals surface area contributed by atoms with Crippen molar-refractivity contribution in [3.63, 3.8) is 0 Å². The molecule has 0 radical (unpaired) electrons. The highest BCUT2D eigenvalue weighted by Gasteiger charge is 2.38. The zero-order valence-corrected chi connectivity index (χ0v) is 12.1. The number of aliphatic hydroxyl groups excluding tert-OH is 1. The molecule has 4 rings (SSSR count). The first kappa shape index (κ1) is 12.5. The summed E-state index contributed by atoms with van der Waals surface area (Å²) in [6.45, 7) is 0. The van der Waals surface area contributed by atoms with Crippen LogP contribution < -0.4 is 4.74 Å². The second kappa shape index (κ2) is 4.63. The van der Waals surface area contributed by atoms with E-state index in [0.29, 0.717) is 11.8 Å². The van der Waals surface area contributed by atoms with Gasteiger partial charge in [0.1, 0.15) is 5.75 Å². The van der Waals surface area contributed by atoms with Gasteiger partial charge in [-0.15, -0.1) is 0 Å². The highest BCUT2D eigenvalue weighted by Crippen LogP contribution is 2.51. The minimum atomic E-state index is -0.0847. The molecule has 0 aromatic heterocycles. The summed E-state index contributed by atoms with van der Waals surface area (Å²) in [6, 6.07) is 6.58. The van der Waals surface area contributed by atoms with Crippen LogP contribution in [0.15, 0.2) is 29.3 Å². The molecule has 0 heterocycles. The molecule has 2 heteroatoms. The van der Waals surface area contributed by atoms with Crippen molar-refractivity contribution in [2.75, 3.05) is 7.11 Å². The normalized spacial score (nSPS) is 31.6. The van der Waals surface area contributed by atoms with Crippen LogP contribution in [0.2, 0.25) is 0 Å². The van der Waals surface area contributed by atoms with Gasteiger partial charge in [0.25, 0.3) is 0 Å². The van der Waals surface area contributed by atoms with Gasteiger partial charge < -0.3 is 9.84 Å². The Bertz CT molecular complexity index is 573. The number of fused-ring (bicyclic) bond motifs is 4. The van der Waals surface area contributed by atoms with E-state index in [1.54, 1.807) is 18.3 Å². The minimum absolute atomic E-state index is 0.0847. The molecular formula is C18H22O2. The zero-order chi connectivity index (χ0) is 13.7. The zero-order valence-electron chi connectivity index (χ0n) is 12.1. The number of hydrogen-bond acceptors (Lipinski definition) is 2. The maximum absolute atomic E-state index is 9.96. The van der Waals surface area contributed by atoms with Gasteiger partial charge in [-0.3, -0.25) is 0 Å². The SMILES string of the molecule is COc1ccc2c(c1)CCC1=C3CC(O)CC3CCC12. The molecule has 1 aromatic rings. The van der Waals surface area contributed by atoms with Crippen LogP contribution in [0.3, 0.4) is 0 Å². The van der Waals surface area contributed by atoms with Gasteiger partial charge in [-0.05, 0) is 67.7 Å². The van der Waals surface area contributed by atoms with Gasteiger partial charge in [0.2, 0.25) is 0 Å². The Morgan fingerprint density at radius 3 is 2.90 bits per heavy atom. The average Bonchev–Trinajstić information content (AvgIpc) is 2.86. The van der Waals surface area contributed by atoms with Crippen LogP contribution in [0.5, 0.6) is 5.75 Å². The molecular weight excluding hydrogens is 248 g/mol. The summed E-state index contributed by atoms with van der Waals surface area (Å²) in [5.74, 6) is 2.27. The summed E-state index contributed by atoms with van der Waals surface area (Å²) in [7, 11) is 1.74. The van der Waals surface area contributed by atoms with Crippen LogP contribution in [0.1, 0.15) is 49.1 Å². The molecule has 3 unspecified atom stereocenters. The number of ether oxygens (including phenoxy) is 1. The molecule has 1 saturated carbocycles.